The summed E-state index contributed by atoms with van der Waals surface area (Å²) in [5.41, 5.74) is 1.09. The average molecular weight is 424 g/mol. The van der Waals surface area contributed by atoms with Crippen LogP contribution in [-0.2, 0) is 0 Å². The minimum Gasteiger partial charge on any atom is -0.324 e. The van der Waals surface area contributed by atoms with Gasteiger partial charge in [-0.25, -0.2) is 28.4 Å². The number of rotatable bonds is 4. The number of pyridine rings is 1. The molecule has 0 radical (unpaired) electrons. The molecule has 1 aliphatic rings. The molecule has 10 heteroatoms. The van der Waals surface area contributed by atoms with E-state index in [0.29, 0.717) is 22.9 Å². The second-order valence-electron chi connectivity index (χ2n) is 6.91. The van der Waals surface area contributed by atoms with Crippen molar-refractivity contribution in [1.82, 2.24) is 24.7 Å². The lowest BCUT2D eigenvalue weighted by atomic mass is 10.2. The number of hydrogen-bond acceptors (Lipinski definition) is 6. The molecule has 7 nitrogen and oxygen atoms in total. The normalized spacial score (nSPS) is 13.4. The van der Waals surface area contributed by atoms with Gasteiger partial charge in [-0.15, -0.1) is 0 Å². The van der Waals surface area contributed by atoms with Gasteiger partial charge in [0, 0.05) is 23.9 Å². The first kappa shape index (κ1) is 18.4. The predicted octanol–water partition coefficient (Wildman–Crippen LogP) is 4.63. The standard InChI is InChI=1S/C20H12ClF2N7/c21-14-4-12(22)3-11(6-24)19(14)30-8-13-18(29-30)15(23)7-25-20(13)28-17-5-16(10-1-2-10)26-9-27-17/h3-5,7-10H,1-2H2,(H,25,26,27,28). The number of nitrogens with zero attached hydrogens (tertiary/aromatic N) is 6. The zero-order chi connectivity index (χ0) is 20.8. The van der Waals surface area contributed by atoms with Crippen LogP contribution in [0.25, 0.3) is 16.6 Å². The van der Waals surface area contributed by atoms with Crippen LogP contribution in [0.15, 0.2) is 36.9 Å². The van der Waals surface area contributed by atoms with Crippen molar-refractivity contribution in [2.24, 2.45) is 0 Å². The maximum absolute atomic E-state index is 14.4. The summed E-state index contributed by atoms with van der Waals surface area (Å²) in [7, 11) is 0. The SMILES string of the molecule is N#Cc1cc(F)cc(Cl)c1-n1cc2c(Nc3cc(C4CC4)ncn3)ncc(F)c2n1. The molecule has 0 saturated heterocycles. The Morgan fingerprint density at radius 3 is 2.77 bits per heavy atom. The Bertz CT molecular complexity index is 1340. The van der Waals surface area contributed by atoms with E-state index in [1.807, 2.05) is 12.1 Å². The Morgan fingerprint density at radius 2 is 2.00 bits per heavy atom. The van der Waals surface area contributed by atoms with E-state index in [1.54, 1.807) is 0 Å². The highest BCUT2D eigenvalue weighted by molar-refractivity contribution is 6.32. The van der Waals surface area contributed by atoms with Gasteiger partial charge in [-0.1, -0.05) is 11.6 Å². The molecule has 1 saturated carbocycles. The molecule has 0 aliphatic heterocycles. The number of fused-ring (bicyclic) bond motifs is 1. The summed E-state index contributed by atoms with van der Waals surface area (Å²) < 4.78 is 29.3. The van der Waals surface area contributed by atoms with Crippen LogP contribution >= 0.6 is 11.6 Å². The Labute approximate surface area is 174 Å². The van der Waals surface area contributed by atoms with Crippen molar-refractivity contribution >= 4 is 34.1 Å². The number of nitriles is 1. The lowest BCUT2D eigenvalue weighted by Gasteiger charge is -2.07. The summed E-state index contributed by atoms with van der Waals surface area (Å²) in [6.07, 6.45) is 6.20. The predicted molar refractivity (Wildman–Crippen MR) is 106 cm³/mol. The van der Waals surface area contributed by atoms with Crippen molar-refractivity contribution < 1.29 is 8.78 Å². The second-order valence-corrected chi connectivity index (χ2v) is 7.32. The molecule has 4 aromatic rings. The minimum absolute atomic E-state index is 0.0212. The van der Waals surface area contributed by atoms with Crippen LogP contribution in [0.4, 0.5) is 20.4 Å². The smallest absolute Gasteiger partial charge is 0.169 e. The Morgan fingerprint density at radius 1 is 1.17 bits per heavy atom. The molecule has 0 spiro atoms. The Balaban J connectivity index is 1.61. The van der Waals surface area contributed by atoms with Crippen LogP contribution < -0.4 is 5.32 Å². The van der Waals surface area contributed by atoms with Gasteiger partial charge >= 0.3 is 0 Å². The van der Waals surface area contributed by atoms with Crippen LogP contribution in [-0.4, -0.2) is 24.7 Å². The fourth-order valence-corrected chi connectivity index (χ4v) is 3.53. The van der Waals surface area contributed by atoms with Crippen molar-refractivity contribution in [3.8, 4) is 11.8 Å². The highest BCUT2D eigenvalue weighted by atomic mass is 35.5. The van der Waals surface area contributed by atoms with Gasteiger partial charge in [0.15, 0.2) is 5.82 Å². The topological polar surface area (TPSA) is 92.3 Å². The summed E-state index contributed by atoms with van der Waals surface area (Å²) in [5, 5.41) is 17.0. The molecule has 3 aromatic heterocycles. The number of nitrogens with one attached hydrogen (secondary N) is 1. The summed E-state index contributed by atoms with van der Waals surface area (Å²) >= 11 is 6.14. The molecule has 1 fully saturated rings. The van der Waals surface area contributed by atoms with E-state index in [1.165, 1.54) is 17.2 Å². The van der Waals surface area contributed by atoms with Crippen LogP contribution in [0.1, 0.15) is 30.0 Å². The highest BCUT2D eigenvalue weighted by Gasteiger charge is 2.25. The molecule has 5 rings (SSSR count). The second kappa shape index (κ2) is 7.00. The lowest BCUT2D eigenvalue weighted by Crippen LogP contribution is -2.00. The number of benzene rings is 1. The van der Waals surface area contributed by atoms with Crippen molar-refractivity contribution in [3.05, 3.63) is 64.8 Å². The lowest BCUT2D eigenvalue weighted by molar-refractivity contribution is 0.625. The van der Waals surface area contributed by atoms with E-state index >= 15 is 0 Å². The molecule has 3 heterocycles. The van der Waals surface area contributed by atoms with Gasteiger partial charge in [-0.05, 0) is 25.0 Å². The molecule has 1 aliphatic carbocycles. The zero-order valence-corrected chi connectivity index (χ0v) is 16.0. The van der Waals surface area contributed by atoms with Gasteiger partial charge in [-0.2, -0.15) is 10.4 Å². The number of aromatic nitrogens is 5. The van der Waals surface area contributed by atoms with E-state index < -0.39 is 11.6 Å². The number of anilines is 2. The third kappa shape index (κ3) is 3.21. The largest absolute Gasteiger partial charge is 0.324 e. The van der Waals surface area contributed by atoms with Crippen LogP contribution in [0.3, 0.4) is 0 Å². The average Bonchev–Trinajstić information content (AvgIpc) is 3.48. The molecule has 0 unspecified atom stereocenters. The summed E-state index contributed by atoms with van der Waals surface area (Å²) in [6, 6.07) is 5.83. The first-order chi connectivity index (χ1) is 14.5. The van der Waals surface area contributed by atoms with Crippen LogP contribution in [0, 0.1) is 23.0 Å². The van der Waals surface area contributed by atoms with Gasteiger partial charge in [0.05, 0.1) is 22.2 Å². The number of hydrogen-bond donors (Lipinski definition) is 1. The third-order valence-electron chi connectivity index (χ3n) is 4.81. The van der Waals surface area contributed by atoms with E-state index in [9.17, 15) is 14.0 Å². The van der Waals surface area contributed by atoms with Crippen molar-refractivity contribution in [1.29, 1.82) is 5.26 Å². The van der Waals surface area contributed by atoms with Gasteiger partial charge in [0.25, 0.3) is 0 Å². The Hall–Kier alpha value is -3.64. The monoisotopic (exact) mass is 423 g/mol. The zero-order valence-electron chi connectivity index (χ0n) is 15.3. The van der Waals surface area contributed by atoms with E-state index in [0.717, 1.165) is 36.9 Å². The van der Waals surface area contributed by atoms with Crippen LogP contribution in [0.5, 0.6) is 0 Å². The van der Waals surface area contributed by atoms with E-state index in [2.05, 4.69) is 25.4 Å². The van der Waals surface area contributed by atoms with Gasteiger partial charge < -0.3 is 5.32 Å². The molecule has 0 amide bonds. The molecule has 1 aromatic carbocycles. The molecule has 0 bridgehead atoms. The quantitative estimate of drug-likeness (QED) is 0.514. The van der Waals surface area contributed by atoms with Crippen molar-refractivity contribution in [2.75, 3.05) is 5.32 Å². The third-order valence-corrected chi connectivity index (χ3v) is 5.10. The molecular weight excluding hydrogens is 412 g/mol. The maximum Gasteiger partial charge on any atom is 0.169 e. The van der Waals surface area contributed by atoms with E-state index in [4.69, 9.17) is 11.6 Å². The van der Waals surface area contributed by atoms with Gasteiger partial charge in [0.1, 0.15) is 41.1 Å². The first-order valence-corrected chi connectivity index (χ1v) is 9.43. The number of halogens is 3. The fourth-order valence-electron chi connectivity index (χ4n) is 3.24. The molecule has 148 valence electrons. The van der Waals surface area contributed by atoms with Crippen molar-refractivity contribution in [3.63, 3.8) is 0 Å². The maximum atomic E-state index is 14.4. The van der Waals surface area contributed by atoms with Gasteiger partial charge in [-0.3, -0.25) is 0 Å². The minimum atomic E-state index is -0.651. The van der Waals surface area contributed by atoms with Gasteiger partial charge in [0.2, 0.25) is 0 Å². The summed E-state index contributed by atoms with van der Waals surface area (Å²) in [6.45, 7) is 0. The molecular formula is C20H12ClF2N7. The summed E-state index contributed by atoms with van der Waals surface area (Å²) in [5.74, 6) is 0.00443. The van der Waals surface area contributed by atoms with E-state index in [-0.39, 0.29) is 21.8 Å². The summed E-state index contributed by atoms with van der Waals surface area (Å²) in [4.78, 5) is 12.6. The fraction of sp³-hybridized carbons (Fsp3) is 0.150. The molecule has 30 heavy (non-hydrogen) atoms. The first-order valence-electron chi connectivity index (χ1n) is 9.06. The Kier molecular flexibility index (Phi) is 4.29. The molecule has 0 atom stereocenters. The molecule has 1 N–H and O–H groups in total. The van der Waals surface area contributed by atoms with Crippen LogP contribution in [0.2, 0.25) is 5.02 Å². The highest BCUT2D eigenvalue weighted by Crippen LogP contribution is 2.39. The van der Waals surface area contributed by atoms with Crippen molar-refractivity contribution in [2.45, 2.75) is 18.8 Å².